The quantitative estimate of drug-likeness (QED) is 0.928. The van der Waals surface area contributed by atoms with E-state index >= 15 is 0 Å². The highest BCUT2D eigenvalue weighted by Crippen LogP contribution is 2.31. The lowest BCUT2D eigenvalue weighted by Gasteiger charge is -2.35. The van der Waals surface area contributed by atoms with Gasteiger partial charge in [-0.2, -0.15) is 4.31 Å². The van der Waals surface area contributed by atoms with Crippen LogP contribution in [0.4, 0.5) is 4.39 Å². The van der Waals surface area contributed by atoms with Gasteiger partial charge < -0.3 is 5.73 Å². The van der Waals surface area contributed by atoms with Crippen LogP contribution in [0.5, 0.6) is 0 Å². The number of hydrogen-bond acceptors (Lipinski definition) is 3. The number of nitrogens with zero attached hydrogens (tertiary/aromatic N) is 1. The van der Waals surface area contributed by atoms with Crippen molar-refractivity contribution in [2.75, 3.05) is 7.05 Å². The van der Waals surface area contributed by atoms with E-state index in [2.05, 4.69) is 6.92 Å². The fourth-order valence-electron chi connectivity index (χ4n) is 3.11. The molecule has 2 atom stereocenters. The molecule has 6 heteroatoms. The molecule has 0 bridgehead atoms. The van der Waals surface area contributed by atoms with E-state index in [0.717, 1.165) is 31.7 Å². The third-order valence-corrected chi connectivity index (χ3v) is 6.40. The first-order valence-electron chi connectivity index (χ1n) is 7.34. The molecule has 1 aromatic rings. The minimum Gasteiger partial charge on any atom is -0.326 e. The number of hydrogen-bond donors (Lipinski definition) is 1. The molecule has 1 fully saturated rings. The molecule has 0 amide bonds. The summed E-state index contributed by atoms with van der Waals surface area (Å²) in [5, 5.41) is 0. The minimum absolute atomic E-state index is 0.00901. The van der Waals surface area contributed by atoms with Crippen molar-refractivity contribution in [1.82, 2.24) is 4.31 Å². The summed E-state index contributed by atoms with van der Waals surface area (Å²) in [4.78, 5) is -0.00901. The Morgan fingerprint density at radius 3 is 2.62 bits per heavy atom. The monoisotopic (exact) mass is 314 g/mol. The maximum absolute atomic E-state index is 13.5. The fraction of sp³-hybridized carbons (Fsp3) is 0.600. The topological polar surface area (TPSA) is 63.4 Å². The van der Waals surface area contributed by atoms with Gasteiger partial charge in [0.2, 0.25) is 10.0 Å². The molecule has 0 aromatic heterocycles. The molecule has 4 nitrogen and oxygen atoms in total. The molecule has 1 aliphatic carbocycles. The molecule has 0 spiro atoms. The highest BCUT2D eigenvalue weighted by Gasteiger charge is 2.34. The molecule has 0 radical (unpaired) electrons. The Kier molecular flexibility index (Phi) is 5.01. The van der Waals surface area contributed by atoms with E-state index in [1.807, 2.05) is 0 Å². The summed E-state index contributed by atoms with van der Waals surface area (Å²) in [5.74, 6) is -0.246. The Morgan fingerprint density at radius 2 is 2.00 bits per heavy atom. The molecule has 118 valence electrons. The predicted molar refractivity (Wildman–Crippen MR) is 80.7 cm³/mol. The molecule has 1 aliphatic rings. The molecule has 2 N–H and O–H groups in total. The van der Waals surface area contributed by atoms with Gasteiger partial charge in [0.1, 0.15) is 5.82 Å². The molecule has 21 heavy (non-hydrogen) atoms. The van der Waals surface area contributed by atoms with Gasteiger partial charge in [0, 0.05) is 19.6 Å². The Morgan fingerprint density at radius 1 is 1.33 bits per heavy atom. The first-order valence-corrected chi connectivity index (χ1v) is 8.78. The first kappa shape index (κ1) is 16.4. The highest BCUT2D eigenvalue weighted by atomic mass is 32.2. The summed E-state index contributed by atoms with van der Waals surface area (Å²) in [7, 11) is -2.13. The molecule has 0 saturated heterocycles. The van der Waals surface area contributed by atoms with Gasteiger partial charge in [0.15, 0.2) is 0 Å². The van der Waals surface area contributed by atoms with E-state index in [1.54, 1.807) is 7.05 Å². The molecular formula is C15H23FN2O2S. The van der Waals surface area contributed by atoms with E-state index in [9.17, 15) is 12.8 Å². The van der Waals surface area contributed by atoms with Crippen molar-refractivity contribution in [2.45, 2.75) is 50.1 Å². The summed E-state index contributed by atoms with van der Waals surface area (Å²) in [6, 6.07) is 3.73. The maximum atomic E-state index is 13.5. The van der Waals surface area contributed by atoms with Gasteiger partial charge in [-0.25, -0.2) is 12.8 Å². The molecule has 1 aromatic carbocycles. The summed E-state index contributed by atoms with van der Waals surface area (Å²) in [6.45, 7) is 2.15. The maximum Gasteiger partial charge on any atom is 0.243 e. The van der Waals surface area contributed by atoms with E-state index in [4.69, 9.17) is 5.73 Å². The molecule has 2 rings (SSSR count). The summed E-state index contributed by atoms with van der Waals surface area (Å²) in [6.07, 6.45) is 4.04. The van der Waals surface area contributed by atoms with Crippen molar-refractivity contribution in [3.63, 3.8) is 0 Å². The number of nitrogens with two attached hydrogens (primary N) is 1. The Bertz CT molecular complexity index is 604. The second-order valence-corrected chi connectivity index (χ2v) is 7.77. The highest BCUT2D eigenvalue weighted by molar-refractivity contribution is 7.89. The second-order valence-electron chi connectivity index (χ2n) is 5.81. The van der Waals surface area contributed by atoms with Crippen LogP contribution < -0.4 is 5.73 Å². The van der Waals surface area contributed by atoms with Crippen molar-refractivity contribution in [3.05, 3.63) is 29.6 Å². The predicted octanol–water partition coefficient (Wildman–Crippen LogP) is 2.48. The average molecular weight is 314 g/mol. The van der Waals surface area contributed by atoms with Crippen LogP contribution in [0.25, 0.3) is 0 Å². The lowest BCUT2D eigenvalue weighted by molar-refractivity contribution is 0.213. The van der Waals surface area contributed by atoms with Crippen LogP contribution in [0.1, 0.15) is 38.2 Å². The summed E-state index contributed by atoms with van der Waals surface area (Å²) >= 11 is 0. The van der Waals surface area contributed by atoms with Crippen molar-refractivity contribution in [1.29, 1.82) is 0 Å². The second kappa shape index (κ2) is 6.42. The summed E-state index contributed by atoms with van der Waals surface area (Å²) in [5.41, 5.74) is 6.05. The number of halogens is 1. The molecule has 0 aliphatic heterocycles. The smallest absolute Gasteiger partial charge is 0.243 e. The zero-order valence-corrected chi connectivity index (χ0v) is 13.4. The van der Waals surface area contributed by atoms with Crippen LogP contribution >= 0.6 is 0 Å². The Hall–Kier alpha value is -0.980. The lowest BCUT2D eigenvalue weighted by Crippen LogP contribution is -2.42. The van der Waals surface area contributed by atoms with Crippen LogP contribution in [-0.2, 0) is 16.6 Å². The standard InChI is InChI=1S/C15H23FN2O2S/c1-11-5-3-4-6-14(11)18(2)21(19,20)15-9-13(16)8-7-12(15)10-17/h7-9,11,14H,3-6,10,17H2,1-2H3. The van der Waals surface area contributed by atoms with Crippen LogP contribution in [-0.4, -0.2) is 25.8 Å². The minimum atomic E-state index is -3.72. The van der Waals surface area contributed by atoms with Crippen LogP contribution in [0, 0.1) is 11.7 Å². The number of sulfonamides is 1. The molecule has 2 unspecified atom stereocenters. The fourth-order valence-corrected chi connectivity index (χ4v) is 4.83. The van der Waals surface area contributed by atoms with Crippen molar-refractivity contribution in [2.24, 2.45) is 11.7 Å². The largest absolute Gasteiger partial charge is 0.326 e. The SMILES string of the molecule is CC1CCCCC1N(C)S(=O)(=O)c1cc(F)ccc1CN. The van der Waals surface area contributed by atoms with Gasteiger partial charge in [0.05, 0.1) is 4.90 Å². The van der Waals surface area contributed by atoms with Crippen LogP contribution in [0.3, 0.4) is 0 Å². The zero-order chi connectivity index (χ0) is 15.6. The molecule has 0 heterocycles. The number of benzene rings is 1. The molecular weight excluding hydrogens is 291 g/mol. The summed E-state index contributed by atoms with van der Waals surface area (Å²) < 4.78 is 40.5. The van der Waals surface area contributed by atoms with Gasteiger partial charge in [-0.1, -0.05) is 25.8 Å². The van der Waals surface area contributed by atoms with Crippen molar-refractivity contribution < 1.29 is 12.8 Å². The molecule has 1 saturated carbocycles. The first-order chi connectivity index (χ1) is 9.87. The Labute approximate surface area is 126 Å². The normalized spacial score (nSPS) is 23.5. The Balaban J connectivity index is 2.39. The van der Waals surface area contributed by atoms with Crippen molar-refractivity contribution >= 4 is 10.0 Å². The van der Waals surface area contributed by atoms with Gasteiger partial charge in [-0.05, 0) is 36.5 Å². The van der Waals surface area contributed by atoms with Crippen LogP contribution in [0.2, 0.25) is 0 Å². The van der Waals surface area contributed by atoms with E-state index in [0.29, 0.717) is 11.5 Å². The van der Waals surface area contributed by atoms with Crippen molar-refractivity contribution in [3.8, 4) is 0 Å². The van der Waals surface area contributed by atoms with Gasteiger partial charge in [0.25, 0.3) is 0 Å². The number of rotatable bonds is 4. The van der Waals surface area contributed by atoms with Crippen LogP contribution in [0.15, 0.2) is 23.1 Å². The van der Waals surface area contributed by atoms with E-state index in [-0.39, 0.29) is 17.5 Å². The van der Waals surface area contributed by atoms with E-state index in [1.165, 1.54) is 16.4 Å². The third kappa shape index (κ3) is 3.27. The van der Waals surface area contributed by atoms with Gasteiger partial charge >= 0.3 is 0 Å². The average Bonchev–Trinajstić information content (AvgIpc) is 2.47. The van der Waals surface area contributed by atoms with Gasteiger partial charge in [-0.3, -0.25) is 0 Å². The zero-order valence-electron chi connectivity index (χ0n) is 12.5. The third-order valence-electron chi connectivity index (χ3n) is 4.44. The van der Waals surface area contributed by atoms with Gasteiger partial charge in [-0.15, -0.1) is 0 Å². The lowest BCUT2D eigenvalue weighted by atomic mass is 9.86. The van der Waals surface area contributed by atoms with E-state index < -0.39 is 15.8 Å².